The van der Waals surface area contributed by atoms with E-state index in [0.29, 0.717) is 17.8 Å². The fourth-order valence-electron chi connectivity index (χ4n) is 5.23. The van der Waals surface area contributed by atoms with E-state index in [4.69, 9.17) is 4.42 Å². The van der Waals surface area contributed by atoms with Crippen LogP contribution in [0.25, 0.3) is 11.1 Å². The number of rotatable bonds is 4. The van der Waals surface area contributed by atoms with Crippen molar-refractivity contribution in [3.05, 3.63) is 59.7 Å². The second-order valence-corrected chi connectivity index (χ2v) is 9.59. The van der Waals surface area contributed by atoms with Crippen LogP contribution >= 0.6 is 0 Å². The SMILES string of the molecule is C[C@@]1(C(=O)NC2CCCCCCC2)Cn2c(cc3occc32)C(=O)N1Cc1ccc(F)cc1. The van der Waals surface area contributed by atoms with E-state index in [9.17, 15) is 14.0 Å². The third-order valence-electron chi connectivity index (χ3n) is 7.23. The van der Waals surface area contributed by atoms with E-state index >= 15 is 0 Å². The molecule has 2 amide bonds. The summed E-state index contributed by atoms with van der Waals surface area (Å²) in [6, 6.07) is 9.77. The van der Waals surface area contributed by atoms with Crippen LogP contribution in [-0.4, -0.2) is 32.9 Å². The zero-order valence-corrected chi connectivity index (χ0v) is 19.0. The zero-order valence-electron chi connectivity index (χ0n) is 19.0. The number of nitrogens with one attached hydrogen (secondary N) is 1. The lowest BCUT2D eigenvalue weighted by molar-refractivity contribution is -0.134. The summed E-state index contributed by atoms with van der Waals surface area (Å²) in [7, 11) is 0. The maximum Gasteiger partial charge on any atom is 0.271 e. The Balaban J connectivity index is 1.49. The monoisotopic (exact) mass is 451 g/mol. The summed E-state index contributed by atoms with van der Waals surface area (Å²) in [5.74, 6) is -0.699. The number of carbonyl (C=O) groups is 2. The summed E-state index contributed by atoms with van der Waals surface area (Å²) in [4.78, 5) is 29.1. The summed E-state index contributed by atoms with van der Waals surface area (Å²) < 4.78 is 20.9. The van der Waals surface area contributed by atoms with Gasteiger partial charge in [0.2, 0.25) is 5.91 Å². The molecule has 0 radical (unpaired) electrons. The molecule has 1 aliphatic carbocycles. The van der Waals surface area contributed by atoms with Crippen molar-refractivity contribution in [1.29, 1.82) is 0 Å². The Hall–Kier alpha value is -3.09. The Labute approximate surface area is 192 Å². The number of nitrogens with zero attached hydrogens (tertiary/aromatic N) is 2. The number of amides is 2. The van der Waals surface area contributed by atoms with Crippen molar-refractivity contribution < 1.29 is 18.4 Å². The average molecular weight is 452 g/mol. The van der Waals surface area contributed by atoms with Crippen LogP contribution in [-0.2, 0) is 17.9 Å². The number of hydrogen-bond acceptors (Lipinski definition) is 3. The summed E-state index contributed by atoms with van der Waals surface area (Å²) in [5.41, 5.74) is 1.62. The average Bonchev–Trinajstić information content (AvgIpc) is 3.36. The molecule has 1 fully saturated rings. The molecule has 1 aromatic carbocycles. The molecule has 5 rings (SSSR count). The standard InChI is InChI=1S/C26H30FN3O3/c1-26(25(32)28-20-7-5-3-2-4-6-8-20)17-29-21-13-14-33-23(21)15-22(29)24(31)30(26)16-18-9-11-19(27)12-10-18/h9-15,20H,2-8,16-17H2,1H3,(H,28,32)/t26-/m0/s1. The summed E-state index contributed by atoms with van der Waals surface area (Å²) in [5, 5.41) is 3.28. The topological polar surface area (TPSA) is 67.5 Å². The first-order chi connectivity index (χ1) is 16.0. The minimum atomic E-state index is -1.09. The van der Waals surface area contributed by atoms with Crippen molar-refractivity contribution in [2.75, 3.05) is 0 Å². The van der Waals surface area contributed by atoms with Crippen LogP contribution in [0.4, 0.5) is 4.39 Å². The highest BCUT2D eigenvalue weighted by molar-refractivity contribution is 6.02. The predicted octanol–water partition coefficient (Wildman–Crippen LogP) is 5.02. The predicted molar refractivity (Wildman–Crippen MR) is 123 cm³/mol. The van der Waals surface area contributed by atoms with Crippen molar-refractivity contribution in [3.63, 3.8) is 0 Å². The van der Waals surface area contributed by atoms with Gasteiger partial charge in [-0.1, -0.05) is 44.2 Å². The van der Waals surface area contributed by atoms with Crippen LogP contribution in [0.15, 0.2) is 47.1 Å². The van der Waals surface area contributed by atoms with Gasteiger partial charge in [-0.2, -0.15) is 0 Å². The van der Waals surface area contributed by atoms with E-state index in [1.807, 2.05) is 17.6 Å². The van der Waals surface area contributed by atoms with Crippen LogP contribution in [0.1, 0.15) is 67.9 Å². The lowest BCUT2D eigenvalue weighted by Gasteiger charge is -2.44. The molecule has 2 aliphatic rings. The van der Waals surface area contributed by atoms with E-state index in [1.165, 1.54) is 31.4 Å². The van der Waals surface area contributed by atoms with Crippen LogP contribution < -0.4 is 5.32 Å². The highest BCUT2D eigenvalue weighted by Gasteiger charge is 2.48. The number of benzene rings is 1. The first-order valence-corrected chi connectivity index (χ1v) is 11.9. The van der Waals surface area contributed by atoms with Gasteiger partial charge in [-0.3, -0.25) is 9.59 Å². The Morgan fingerprint density at radius 1 is 1.12 bits per heavy atom. The normalized spacial score (nSPS) is 22.1. The fraction of sp³-hybridized carbons (Fsp3) is 0.462. The lowest BCUT2D eigenvalue weighted by Crippen LogP contribution is -2.64. The van der Waals surface area contributed by atoms with Crippen LogP contribution in [0.2, 0.25) is 0 Å². The minimum Gasteiger partial charge on any atom is -0.463 e. The molecule has 1 saturated carbocycles. The lowest BCUT2D eigenvalue weighted by atomic mass is 9.91. The van der Waals surface area contributed by atoms with Crippen molar-refractivity contribution in [1.82, 2.24) is 14.8 Å². The zero-order chi connectivity index (χ0) is 23.0. The van der Waals surface area contributed by atoms with Crippen LogP contribution in [0.5, 0.6) is 0 Å². The molecule has 0 unspecified atom stereocenters. The molecule has 0 saturated heterocycles. The second kappa shape index (κ2) is 8.69. The summed E-state index contributed by atoms with van der Waals surface area (Å²) in [6.45, 7) is 2.39. The first kappa shape index (κ1) is 21.7. The van der Waals surface area contributed by atoms with E-state index in [1.54, 1.807) is 29.4 Å². The third kappa shape index (κ3) is 4.05. The molecule has 0 bridgehead atoms. The van der Waals surface area contributed by atoms with Crippen molar-refractivity contribution in [2.24, 2.45) is 0 Å². The molecule has 1 aliphatic heterocycles. The Bertz CT molecular complexity index is 1160. The van der Waals surface area contributed by atoms with E-state index < -0.39 is 5.54 Å². The van der Waals surface area contributed by atoms with Crippen molar-refractivity contribution >= 4 is 22.9 Å². The summed E-state index contributed by atoms with van der Waals surface area (Å²) in [6.07, 6.45) is 9.40. The summed E-state index contributed by atoms with van der Waals surface area (Å²) >= 11 is 0. The smallest absolute Gasteiger partial charge is 0.271 e. The molecule has 3 aromatic rings. The van der Waals surface area contributed by atoms with Gasteiger partial charge in [0.25, 0.3) is 5.91 Å². The Morgan fingerprint density at radius 3 is 2.55 bits per heavy atom. The van der Waals surface area contributed by atoms with E-state index in [-0.39, 0.29) is 30.2 Å². The molecule has 174 valence electrons. The molecule has 1 atom stereocenters. The minimum absolute atomic E-state index is 0.123. The molecule has 6 nitrogen and oxygen atoms in total. The van der Waals surface area contributed by atoms with Crippen molar-refractivity contribution in [3.8, 4) is 0 Å². The molecule has 7 heteroatoms. The molecule has 2 aromatic heterocycles. The molecule has 3 heterocycles. The van der Waals surface area contributed by atoms with Gasteiger partial charge in [-0.25, -0.2) is 4.39 Å². The van der Waals surface area contributed by atoms with Gasteiger partial charge in [0.05, 0.1) is 18.3 Å². The number of fused-ring (bicyclic) bond motifs is 3. The maximum atomic E-state index is 13.8. The maximum absolute atomic E-state index is 13.8. The fourth-order valence-corrected chi connectivity index (χ4v) is 5.23. The van der Waals surface area contributed by atoms with Gasteiger partial charge in [-0.15, -0.1) is 0 Å². The molecular weight excluding hydrogens is 421 g/mol. The van der Waals surface area contributed by atoms with Crippen LogP contribution in [0, 0.1) is 5.82 Å². The molecule has 1 N–H and O–H groups in total. The number of hydrogen-bond donors (Lipinski definition) is 1. The Kier molecular flexibility index (Phi) is 5.72. The molecular formula is C26H30FN3O3. The van der Waals surface area contributed by atoms with Crippen molar-refractivity contribution in [2.45, 2.75) is 76.5 Å². The van der Waals surface area contributed by atoms with E-state index in [2.05, 4.69) is 5.32 Å². The highest BCUT2D eigenvalue weighted by atomic mass is 19.1. The third-order valence-corrected chi connectivity index (χ3v) is 7.23. The second-order valence-electron chi connectivity index (χ2n) is 9.59. The van der Waals surface area contributed by atoms with Gasteiger partial charge in [-0.05, 0) is 37.5 Å². The van der Waals surface area contributed by atoms with Gasteiger partial charge >= 0.3 is 0 Å². The number of aromatic nitrogens is 1. The Morgan fingerprint density at radius 2 is 1.82 bits per heavy atom. The van der Waals surface area contributed by atoms with Crippen LogP contribution in [0.3, 0.4) is 0 Å². The van der Waals surface area contributed by atoms with Gasteiger partial charge in [0.15, 0.2) is 5.58 Å². The van der Waals surface area contributed by atoms with Gasteiger partial charge < -0.3 is 19.2 Å². The number of halogens is 1. The highest BCUT2D eigenvalue weighted by Crippen LogP contribution is 2.34. The van der Waals surface area contributed by atoms with E-state index in [0.717, 1.165) is 36.8 Å². The quantitative estimate of drug-likeness (QED) is 0.606. The van der Waals surface area contributed by atoms with Gasteiger partial charge in [0.1, 0.15) is 17.1 Å². The molecule has 33 heavy (non-hydrogen) atoms. The van der Waals surface area contributed by atoms with Gasteiger partial charge in [0, 0.05) is 24.7 Å². The largest absolute Gasteiger partial charge is 0.463 e. The number of furan rings is 1. The number of carbonyl (C=O) groups excluding carboxylic acids is 2. The first-order valence-electron chi connectivity index (χ1n) is 11.9. The molecule has 0 spiro atoms.